The van der Waals surface area contributed by atoms with Gasteiger partial charge in [-0.05, 0) is 0 Å². The fraction of sp³-hybridized carbons (Fsp3) is 0.800. The number of esters is 2. The van der Waals surface area contributed by atoms with Crippen molar-refractivity contribution < 1.29 is 19.1 Å². The Morgan fingerprint density at radius 2 is 2.07 bits per heavy atom. The van der Waals surface area contributed by atoms with E-state index in [1.54, 1.807) is 21.0 Å². The molecule has 0 spiro atoms. The number of hydrogen-bond acceptors (Lipinski definition) is 5. The number of rotatable bonds is 3. The number of hydrogen-bond donors (Lipinski definition) is 1. The lowest BCUT2D eigenvalue weighted by atomic mass is 10.2. The molecule has 1 aliphatic rings. The molecule has 0 amide bonds. The first-order chi connectivity index (χ1) is 7.04. The normalized spacial score (nSPS) is 25.6. The molecule has 0 unspecified atom stereocenters. The quantitative estimate of drug-likeness (QED) is 0.534. The van der Waals surface area contributed by atoms with E-state index in [-0.39, 0.29) is 12.0 Å². The second kappa shape index (κ2) is 5.23. The van der Waals surface area contributed by atoms with E-state index in [4.69, 9.17) is 9.47 Å². The van der Waals surface area contributed by atoms with E-state index >= 15 is 0 Å². The van der Waals surface area contributed by atoms with Crippen molar-refractivity contribution in [3.63, 3.8) is 0 Å². The molecule has 0 aliphatic carbocycles. The number of methoxy groups -OCH3 is 1. The SMILES string of the molecule is CO[C@H]1CN[C@H](C(=O)OC(=O)C(C)C)C1. The summed E-state index contributed by atoms with van der Waals surface area (Å²) in [6.07, 6.45) is 0.581. The first-order valence-electron chi connectivity index (χ1n) is 5.06. The third-order valence-corrected chi connectivity index (χ3v) is 2.38. The predicted octanol–water partition coefficient (Wildman–Crippen LogP) is 0.0891. The lowest BCUT2D eigenvalue weighted by molar-refractivity contribution is -0.163. The van der Waals surface area contributed by atoms with Crippen molar-refractivity contribution in [2.24, 2.45) is 5.92 Å². The molecule has 1 N–H and O–H groups in total. The van der Waals surface area contributed by atoms with E-state index < -0.39 is 18.0 Å². The molecule has 5 heteroatoms. The molecule has 2 atom stereocenters. The zero-order chi connectivity index (χ0) is 11.4. The molecule has 0 saturated carbocycles. The van der Waals surface area contributed by atoms with Crippen molar-refractivity contribution >= 4 is 11.9 Å². The van der Waals surface area contributed by atoms with E-state index in [1.165, 1.54) is 0 Å². The van der Waals surface area contributed by atoms with Gasteiger partial charge in [0.1, 0.15) is 6.04 Å². The Labute approximate surface area is 89.1 Å². The second-order valence-corrected chi connectivity index (χ2v) is 3.95. The van der Waals surface area contributed by atoms with Crippen LogP contribution < -0.4 is 5.32 Å². The van der Waals surface area contributed by atoms with Crippen LogP contribution in [-0.2, 0) is 19.1 Å². The van der Waals surface area contributed by atoms with Crippen LogP contribution in [0, 0.1) is 5.92 Å². The van der Waals surface area contributed by atoms with Crippen LogP contribution in [0.25, 0.3) is 0 Å². The Hall–Kier alpha value is -0.940. The maximum Gasteiger partial charge on any atom is 0.330 e. The monoisotopic (exact) mass is 215 g/mol. The van der Waals surface area contributed by atoms with Crippen LogP contribution in [0.2, 0.25) is 0 Å². The zero-order valence-corrected chi connectivity index (χ0v) is 9.28. The van der Waals surface area contributed by atoms with E-state index in [0.717, 1.165) is 0 Å². The molecule has 86 valence electrons. The van der Waals surface area contributed by atoms with Crippen molar-refractivity contribution in [1.82, 2.24) is 5.32 Å². The molecule has 0 aromatic rings. The first-order valence-corrected chi connectivity index (χ1v) is 5.06. The average molecular weight is 215 g/mol. The fourth-order valence-electron chi connectivity index (χ4n) is 1.35. The van der Waals surface area contributed by atoms with Gasteiger partial charge in [-0.25, -0.2) is 4.79 Å². The molecule has 0 radical (unpaired) electrons. The maximum absolute atomic E-state index is 11.5. The molecule has 1 saturated heterocycles. The first kappa shape index (κ1) is 12.1. The van der Waals surface area contributed by atoms with Gasteiger partial charge in [0.25, 0.3) is 0 Å². The molecule has 1 rings (SSSR count). The van der Waals surface area contributed by atoms with Gasteiger partial charge in [0.2, 0.25) is 0 Å². The summed E-state index contributed by atoms with van der Waals surface area (Å²) in [6.45, 7) is 4.00. The highest BCUT2D eigenvalue weighted by atomic mass is 16.6. The standard InChI is InChI=1S/C10H17NO4/c1-6(2)9(12)15-10(13)8-4-7(14-3)5-11-8/h6-8,11H,4-5H2,1-3H3/t7-,8+/m1/s1. The lowest BCUT2D eigenvalue weighted by Gasteiger charge is -2.10. The number of carbonyl (C=O) groups excluding carboxylic acids is 2. The highest BCUT2D eigenvalue weighted by Crippen LogP contribution is 2.11. The largest absolute Gasteiger partial charge is 0.392 e. The van der Waals surface area contributed by atoms with E-state index in [9.17, 15) is 9.59 Å². The molecule has 0 aromatic heterocycles. The number of carbonyl (C=O) groups is 2. The minimum absolute atomic E-state index is 0.0247. The summed E-state index contributed by atoms with van der Waals surface area (Å²) in [7, 11) is 1.60. The predicted molar refractivity (Wildman–Crippen MR) is 53.1 cm³/mol. The van der Waals surface area contributed by atoms with Gasteiger partial charge in [-0.2, -0.15) is 0 Å². The summed E-state index contributed by atoms with van der Waals surface area (Å²) >= 11 is 0. The van der Waals surface area contributed by atoms with Crippen molar-refractivity contribution in [3.05, 3.63) is 0 Å². The molecule has 5 nitrogen and oxygen atoms in total. The van der Waals surface area contributed by atoms with Gasteiger partial charge in [-0.3, -0.25) is 4.79 Å². The summed E-state index contributed by atoms with van der Waals surface area (Å²) < 4.78 is 9.78. The van der Waals surface area contributed by atoms with Gasteiger partial charge in [-0.1, -0.05) is 13.8 Å². The van der Waals surface area contributed by atoms with Gasteiger partial charge in [-0.15, -0.1) is 0 Å². The van der Waals surface area contributed by atoms with Gasteiger partial charge in [0, 0.05) is 20.1 Å². The molecule has 0 aromatic carbocycles. The summed E-state index contributed by atoms with van der Waals surface area (Å²) in [5.74, 6) is -1.27. The van der Waals surface area contributed by atoms with E-state index in [1.807, 2.05) is 0 Å². The molecular weight excluding hydrogens is 198 g/mol. The van der Waals surface area contributed by atoms with Crippen molar-refractivity contribution in [1.29, 1.82) is 0 Å². The molecule has 15 heavy (non-hydrogen) atoms. The minimum Gasteiger partial charge on any atom is -0.392 e. The second-order valence-electron chi connectivity index (χ2n) is 3.95. The van der Waals surface area contributed by atoms with Crippen LogP contribution in [0.4, 0.5) is 0 Å². The van der Waals surface area contributed by atoms with Gasteiger partial charge < -0.3 is 14.8 Å². The smallest absolute Gasteiger partial charge is 0.330 e. The van der Waals surface area contributed by atoms with Crippen LogP contribution in [0.1, 0.15) is 20.3 Å². The molecular formula is C10H17NO4. The van der Waals surface area contributed by atoms with Gasteiger partial charge in [0.15, 0.2) is 0 Å². The molecule has 0 bridgehead atoms. The summed E-state index contributed by atoms with van der Waals surface area (Å²) in [5, 5.41) is 2.95. The molecule has 1 fully saturated rings. The van der Waals surface area contributed by atoms with Crippen LogP contribution in [0.15, 0.2) is 0 Å². The highest BCUT2D eigenvalue weighted by Gasteiger charge is 2.32. The van der Waals surface area contributed by atoms with Gasteiger partial charge in [0.05, 0.1) is 12.0 Å². The zero-order valence-electron chi connectivity index (χ0n) is 9.28. The van der Waals surface area contributed by atoms with Crippen LogP contribution >= 0.6 is 0 Å². The minimum atomic E-state index is -0.506. The number of ether oxygens (including phenoxy) is 2. The Bertz CT molecular complexity index is 252. The van der Waals surface area contributed by atoms with E-state index in [0.29, 0.717) is 13.0 Å². The summed E-state index contributed by atoms with van der Waals surface area (Å²) in [5.41, 5.74) is 0. The fourth-order valence-corrected chi connectivity index (χ4v) is 1.35. The summed E-state index contributed by atoms with van der Waals surface area (Å²) in [4.78, 5) is 22.6. The Morgan fingerprint density at radius 3 is 2.53 bits per heavy atom. The maximum atomic E-state index is 11.5. The Morgan fingerprint density at radius 1 is 1.40 bits per heavy atom. The molecule has 1 heterocycles. The Kier molecular flexibility index (Phi) is 4.23. The van der Waals surface area contributed by atoms with Crippen LogP contribution in [0.3, 0.4) is 0 Å². The third kappa shape index (κ3) is 3.28. The average Bonchev–Trinajstić information content (AvgIpc) is 2.65. The third-order valence-electron chi connectivity index (χ3n) is 2.38. The summed E-state index contributed by atoms with van der Waals surface area (Å²) in [6, 6.07) is -0.419. The molecule has 1 aliphatic heterocycles. The topological polar surface area (TPSA) is 64.6 Å². The van der Waals surface area contributed by atoms with E-state index in [2.05, 4.69) is 5.32 Å². The van der Waals surface area contributed by atoms with Gasteiger partial charge >= 0.3 is 11.9 Å². The van der Waals surface area contributed by atoms with Crippen molar-refractivity contribution in [2.45, 2.75) is 32.4 Å². The lowest BCUT2D eigenvalue weighted by Crippen LogP contribution is -2.34. The van der Waals surface area contributed by atoms with Crippen LogP contribution in [0.5, 0.6) is 0 Å². The van der Waals surface area contributed by atoms with Crippen molar-refractivity contribution in [3.8, 4) is 0 Å². The van der Waals surface area contributed by atoms with Crippen LogP contribution in [-0.4, -0.2) is 37.7 Å². The van der Waals surface area contributed by atoms with Crippen molar-refractivity contribution in [2.75, 3.05) is 13.7 Å². The Balaban J connectivity index is 2.39. The number of nitrogens with one attached hydrogen (secondary N) is 1. The highest BCUT2D eigenvalue weighted by molar-refractivity contribution is 5.89.